The fourth-order valence-corrected chi connectivity index (χ4v) is 1.70. The molecule has 0 radical (unpaired) electrons. The molecule has 2 atom stereocenters. The Morgan fingerprint density at radius 2 is 2.00 bits per heavy atom. The lowest BCUT2D eigenvalue weighted by Crippen LogP contribution is -2.16. The molecule has 0 aliphatic carbocycles. The molecular weight excluding hydrogens is 262 g/mol. The fraction of sp³-hybridized carbons (Fsp3) is 0.667. The minimum absolute atomic E-state index is 0.138. The molecule has 1 rings (SSSR count). The van der Waals surface area contributed by atoms with Crippen LogP contribution in [0, 0.1) is 0 Å². The molecule has 0 saturated carbocycles. The van der Waals surface area contributed by atoms with Gasteiger partial charge >= 0.3 is 0 Å². The third-order valence-corrected chi connectivity index (χ3v) is 3.77. The number of aromatic nitrogens is 3. The lowest BCUT2D eigenvalue weighted by Gasteiger charge is -2.09. The minimum Gasteiger partial charge on any atom is -0.357 e. The topological polar surface area (TPSA) is 79.8 Å². The summed E-state index contributed by atoms with van der Waals surface area (Å²) in [4.78, 5) is 11.9. The van der Waals surface area contributed by atoms with Crippen molar-refractivity contribution in [3.63, 3.8) is 0 Å². The zero-order valence-electron chi connectivity index (χ0n) is 10.0. The Morgan fingerprint density at radius 1 is 1.35 bits per heavy atom. The third kappa shape index (κ3) is 4.82. The molecule has 17 heavy (non-hydrogen) atoms. The van der Waals surface area contributed by atoms with Gasteiger partial charge in [0.05, 0.1) is 0 Å². The highest BCUT2D eigenvalue weighted by Gasteiger charge is 2.07. The second kappa shape index (κ2) is 6.70. The lowest BCUT2D eigenvalue weighted by molar-refractivity contribution is 0.672. The lowest BCUT2D eigenvalue weighted by atomic mass is 10.3. The van der Waals surface area contributed by atoms with Crippen molar-refractivity contribution in [2.45, 2.75) is 18.6 Å². The molecule has 1 aromatic rings. The molecule has 0 saturated heterocycles. The predicted molar refractivity (Wildman–Crippen MR) is 71.0 cm³/mol. The predicted octanol–water partition coefficient (Wildman–Crippen LogP) is 1.14. The molecule has 0 aliphatic rings. The van der Waals surface area contributed by atoms with Crippen LogP contribution in [-0.2, 0) is 10.8 Å². The maximum Gasteiger partial charge on any atom is 0.228 e. The van der Waals surface area contributed by atoms with Gasteiger partial charge in [-0.25, -0.2) is 0 Å². The van der Waals surface area contributed by atoms with Crippen molar-refractivity contribution in [3.05, 3.63) is 5.28 Å². The summed E-state index contributed by atoms with van der Waals surface area (Å²) in [5, 5.41) is 6.10. The van der Waals surface area contributed by atoms with Crippen molar-refractivity contribution < 1.29 is 4.21 Å². The molecule has 1 aromatic heterocycles. The Kier molecular flexibility index (Phi) is 5.57. The van der Waals surface area contributed by atoms with Crippen LogP contribution in [0.3, 0.4) is 0 Å². The van der Waals surface area contributed by atoms with Gasteiger partial charge in [0.15, 0.2) is 0 Å². The van der Waals surface area contributed by atoms with E-state index in [0.717, 1.165) is 6.42 Å². The quantitative estimate of drug-likeness (QED) is 0.812. The van der Waals surface area contributed by atoms with Gasteiger partial charge in [0.1, 0.15) is 0 Å². The molecule has 6 nitrogen and oxygen atoms in total. The first kappa shape index (κ1) is 14.1. The van der Waals surface area contributed by atoms with Crippen LogP contribution in [0.25, 0.3) is 0 Å². The fourth-order valence-electron chi connectivity index (χ4n) is 1.09. The molecule has 0 spiro atoms. The molecule has 0 aromatic carbocycles. The normalized spacial score (nSPS) is 14.1. The number of anilines is 2. The van der Waals surface area contributed by atoms with Gasteiger partial charge in [-0.3, -0.25) is 4.21 Å². The van der Waals surface area contributed by atoms with E-state index in [1.165, 1.54) is 0 Å². The largest absolute Gasteiger partial charge is 0.357 e. The van der Waals surface area contributed by atoms with E-state index in [-0.39, 0.29) is 10.5 Å². The van der Waals surface area contributed by atoms with Crippen LogP contribution in [0.15, 0.2) is 0 Å². The molecule has 2 N–H and O–H groups in total. The van der Waals surface area contributed by atoms with E-state index >= 15 is 0 Å². The van der Waals surface area contributed by atoms with E-state index in [1.54, 1.807) is 13.3 Å². The van der Waals surface area contributed by atoms with Crippen LogP contribution < -0.4 is 10.6 Å². The Morgan fingerprint density at radius 3 is 2.59 bits per heavy atom. The summed E-state index contributed by atoms with van der Waals surface area (Å²) in [7, 11) is 0.896. The Hall–Kier alpha value is -0.950. The number of nitrogens with one attached hydrogen (secondary N) is 2. The average molecular weight is 278 g/mol. The Balaban J connectivity index is 2.51. The van der Waals surface area contributed by atoms with Gasteiger partial charge < -0.3 is 10.6 Å². The minimum atomic E-state index is -0.810. The second-order valence-corrected chi connectivity index (χ2v) is 5.67. The first-order chi connectivity index (χ1) is 8.02. The van der Waals surface area contributed by atoms with Crippen molar-refractivity contribution in [2.24, 2.45) is 0 Å². The molecule has 2 unspecified atom stereocenters. The van der Waals surface area contributed by atoms with E-state index in [1.807, 2.05) is 6.92 Å². The molecule has 0 fully saturated rings. The zero-order chi connectivity index (χ0) is 12.8. The van der Waals surface area contributed by atoms with Crippen LogP contribution in [0.1, 0.15) is 13.3 Å². The summed E-state index contributed by atoms with van der Waals surface area (Å²) in [5.41, 5.74) is 0. The summed E-state index contributed by atoms with van der Waals surface area (Å²) < 4.78 is 11.2. The van der Waals surface area contributed by atoms with Gasteiger partial charge in [-0.2, -0.15) is 15.0 Å². The van der Waals surface area contributed by atoms with Crippen molar-refractivity contribution >= 4 is 34.3 Å². The van der Waals surface area contributed by atoms with Gasteiger partial charge in [0.25, 0.3) is 0 Å². The number of rotatable bonds is 6. The summed E-state index contributed by atoms with van der Waals surface area (Å²) in [6.45, 7) is 2.58. The van der Waals surface area contributed by atoms with Crippen LogP contribution in [0.5, 0.6) is 0 Å². The maximum absolute atomic E-state index is 11.2. The molecule has 1 heterocycles. The molecule has 96 valence electrons. The van der Waals surface area contributed by atoms with Gasteiger partial charge in [-0.05, 0) is 18.0 Å². The molecular formula is C9H16ClN5OS. The van der Waals surface area contributed by atoms with Crippen LogP contribution in [-0.4, -0.2) is 44.3 Å². The van der Waals surface area contributed by atoms with Crippen LogP contribution in [0.4, 0.5) is 11.9 Å². The average Bonchev–Trinajstić information content (AvgIpc) is 2.27. The van der Waals surface area contributed by atoms with E-state index in [9.17, 15) is 4.21 Å². The second-order valence-electron chi connectivity index (χ2n) is 3.53. The van der Waals surface area contributed by atoms with Crippen molar-refractivity contribution in [1.29, 1.82) is 0 Å². The number of hydrogen-bond acceptors (Lipinski definition) is 6. The van der Waals surface area contributed by atoms with E-state index in [2.05, 4.69) is 25.6 Å². The summed E-state index contributed by atoms with van der Waals surface area (Å²) in [5.74, 6) is 0.836. The molecule has 0 amide bonds. The molecule has 8 heteroatoms. The number of hydrogen-bond donors (Lipinski definition) is 2. The van der Waals surface area contributed by atoms with Crippen molar-refractivity contribution in [2.75, 3.05) is 30.5 Å². The number of halogens is 1. The summed E-state index contributed by atoms with van der Waals surface area (Å²) >= 11 is 5.73. The highest BCUT2D eigenvalue weighted by atomic mass is 35.5. The smallest absolute Gasteiger partial charge is 0.228 e. The van der Waals surface area contributed by atoms with E-state index < -0.39 is 10.8 Å². The summed E-state index contributed by atoms with van der Waals surface area (Å²) in [6.07, 6.45) is 2.48. The number of nitrogens with zero attached hydrogens (tertiary/aromatic N) is 3. The SMILES string of the molecule is CNc1nc(Cl)nc(NCCC(C)S(C)=O)n1. The molecule has 0 aliphatic heterocycles. The molecule has 0 bridgehead atoms. The zero-order valence-corrected chi connectivity index (χ0v) is 11.6. The maximum atomic E-state index is 11.2. The van der Waals surface area contributed by atoms with Gasteiger partial charge in [0, 0.05) is 35.9 Å². The standard InChI is InChI=1S/C9H16ClN5OS/c1-6(17(3)16)4-5-12-9-14-7(10)13-8(11-2)15-9/h6H,4-5H2,1-3H3,(H2,11,12,13,14,15). The van der Waals surface area contributed by atoms with Gasteiger partial charge in [-0.1, -0.05) is 6.92 Å². The highest BCUT2D eigenvalue weighted by Crippen LogP contribution is 2.09. The Bertz CT molecular complexity index is 403. The summed E-state index contributed by atoms with van der Waals surface area (Å²) in [6, 6.07) is 0. The van der Waals surface area contributed by atoms with Crippen molar-refractivity contribution in [3.8, 4) is 0 Å². The van der Waals surface area contributed by atoms with Gasteiger partial charge in [-0.15, -0.1) is 0 Å². The Labute approximate surface area is 108 Å². The monoisotopic (exact) mass is 277 g/mol. The van der Waals surface area contributed by atoms with Crippen LogP contribution >= 0.6 is 11.6 Å². The van der Waals surface area contributed by atoms with E-state index in [4.69, 9.17) is 11.6 Å². The first-order valence-electron chi connectivity index (χ1n) is 5.18. The van der Waals surface area contributed by atoms with Gasteiger partial charge in [0.2, 0.25) is 17.2 Å². The van der Waals surface area contributed by atoms with E-state index in [0.29, 0.717) is 18.4 Å². The third-order valence-electron chi connectivity index (χ3n) is 2.23. The van der Waals surface area contributed by atoms with Crippen LogP contribution in [0.2, 0.25) is 5.28 Å². The van der Waals surface area contributed by atoms with Crippen molar-refractivity contribution in [1.82, 2.24) is 15.0 Å². The first-order valence-corrected chi connectivity index (χ1v) is 7.18. The highest BCUT2D eigenvalue weighted by molar-refractivity contribution is 7.84.